The minimum absolute atomic E-state index is 0.225. The summed E-state index contributed by atoms with van der Waals surface area (Å²) >= 11 is 1.41. The first-order valence-electron chi connectivity index (χ1n) is 7.95. The van der Waals surface area contributed by atoms with Crippen LogP contribution in [0.15, 0.2) is 42.3 Å². The number of allylic oxidation sites excluding steroid dienone is 3. The minimum Gasteiger partial charge on any atom is -0.507 e. The second-order valence-corrected chi connectivity index (χ2v) is 6.46. The van der Waals surface area contributed by atoms with Crippen molar-refractivity contribution in [2.75, 3.05) is 14.2 Å². The highest BCUT2D eigenvalue weighted by Crippen LogP contribution is 2.42. The lowest BCUT2D eigenvalue weighted by molar-refractivity contribution is 0.303. The second kappa shape index (κ2) is 7.09. The first-order valence-corrected chi connectivity index (χ1v) is 8.72. The number of methoxy groups -OCH3 is 2. The summed E-state index contributed by atoms with van der Waals surface area (Å²) in [5.74, 6) is 2.07. The van der Waals surface area contributed by atoms with Gasteiger partial charge in [0.05, 0.1) is 19.1 Å². The molecule has 3 rings (SSSR count). The van der Waals surface area contributed by atoms with Crippen molar-refractivity contribution in [2.24, 2.45) is 0 Å². The SMILES string of the molecule is CCc1cc(-c2sncc2C2C=CC(OC)=CC2)c(O)cc1OC. The molecule has 0 bridgehead atoms. The summed E-state index contributed by atoms with van der Waals surface area (Å²) in [6.07, 6.45) is 9.80. The predicted octanol–water partition coefficient (Wildman–Crippen LogP) is 4.66. The lowest BCUT2D eigenvalue weighted by Gasteiger charge is -2.17. The van der Waals surface area contributed by atoms with E-state index in [9.17, 15) is 5.11 Å². The molecule has 126 valence electrons. The Morgan fingerprint density at radius 3 is 2.75 bits per heavy atom. The number of benzene rings is 1. The van der Waals surface area contributed by atoms with E-state index in [4.69, 9.17) is 9.47 Å². The van der Waals surface area contributed by atoms with Crippen molar-refractivity contribution in [3.8, 4) is 21.9 Å². The highest BCUT2D eigenvalue weighted by atomic mass is 32.1. The fourth-order valence-corrected chi connectivity index (χ4v) is 3.80. The number of phenols is 1. The average Bonchev–Trinajstić information content (AvgIpc) is 3.10. The molecule has 0 saturated heterocycles. The van der Waals surface area contributed by atoms with Gasteiger partial charge < -0.3 is 14.6 Å². The minimum atomic E-state index is 0.225. The van der Waals surface area contributed by atoms with Crippen LogP contribution in [0.4, 0.5) is 0 Å². The van der Waals surface area contributed by atoms with Crippen molar-refractivity contribution in [1.82, 2.24) is 4.37 Å². The molecule has 5 heteroatoms. The number of nitrogens with zero attached hydrogens (tertiary/aromatic N) is 1. The van der Waals surface area contributed by atoms with Gasteiger partial charge in [-0.3, -0.25) is 0 Å². The number of aryl methyl sites for hydroxylation is 1. The molecule has 0 aliphatic heterocycles. The molecule has 1 aliphatic rings. The third kappa shape index (κ3) is 3.04. The highest BCUT2D eigenvalue weighted by molar-refractivity contribution is 7.09. The van der Waals surface area contributed by atoms with Gasteiger partial charge in [-0.1, -0.05) is 13.0 Å². The lowest BCUT2D eigenvalue weighted by Crippen LogP contribution is -2.00. The quantitative estimate of drug-likeness (QED) is 0.858. The van der Waals surface area contributed by atoms with Gasteiger partial charge in [0.2, 0.25) is 0 Å². The molecule has 0 saturated carbocycles. The molecule has 1 aliphatic carbocycles. The van der Waals surface area contributed by atoms with E-state index in [0.29, 0.717) is 0 Å². The van der Waals surface area contributed by atoms with Crippen LogP contribution in [0.3, 0.4) is 0 Å². The zero-order valence-electron chi connectivity index (χ0n) is 14.1. The number of phenolic OH excluding ortho intramolecular Hbond substituents is 1. The first kappa shape index (κ1) is 16.6. The number of aromatic hydroxyl groups is 1. The Bertz CT molecular complexity index is 792. The molecule has 0 fully saturated rings. The Morgan fingerprint density at radius 2 is 2.12 bits per heavy atom. The van der Waals surface area contributed by atoms with Gasteiger partial charge in [0.15, 0.2) is 0 Å². The van der Waals surface area contributed by atoms with E-state index < -0.39 is 0 Å². The molecule has 0 radical (unpaired) electrons. The van der Waals surface area contributed by atoms with Gasteiger partial charge in [0, 0.05) is 23.7 Å². The summed E-state index contributed by atoms with van der Waals surface area (Å²) in [4.78, 5) is 1.01. The molecule has 2 aromatic rings. The van der Waals surface area contributed by atoms with Crippen molar-refractivity contribution in [2.45, 2.75) is 25.7 Å². The Balaban J connectivity index is 2.00. The first-order chi connectivity index (χ1) is 11.7. The van der Waals surface area contributed by atoms with Gasteiger partial charge in [-0.15, -0.1) is 0 Å². The Labute approximate surface area is 146 Å². The Morgan fingerprint density at radius 1 is 1.29 bits per heavy atom. The third-order valence-corrected chi connectivity index (χ3v) is 5.17. The standard InChI is InChI=1S/C19H21NO3S/c1-4-12-9-15(17(21)10-18(12)23-3)19-16(11-20-24-19)13-5-7-14(22-2)8-6-13/h5,7-11,13,21H,4,6H2,1-3H3. The maximum absolute atomic E-state index is 10.5. The van der Waals surface area contributed by atoms with Gasteiger partial charge in [-0.25, -0.2) is 4.37 Å². The summed E-state index contributed by atoms with van der Waals surface area (Å²) in [5.41, 5.74) is 3.02. The summed E-state index contributed by atoms with van der Waals surface area (Å²) in [5, 5.41) is 10.5. The normalized spacial score (nSPS) is 16.8. The van der Waals surface area contributed by atoms with Crippen LogP contribution in [0.25, 0.3) is 10.4 Å². The van der Waals surface area contributed by atoms with Crippen LogP contribution in [-0.2, 0) is 11.2 Å². The van der Waals surface area contributed by atoms with E-state index in [-0.39, 0.29) is 11.7 Å². The van der Waals surface area contributed by atoms with Gasteiger partial charge in [0.1, 0.15) is 17.3 Å². The van der Waals surface area contributed by atoms with E-state index in [0.717, 1.165) is 45.9 Å². The Kier molecular flexibility index (Phi) is 4.90. The van der Waals surface area contributed by atoms with Crippen molar-refractivity contribution in [3.05, 3.63) is 53.4 Å². The van der Waals surface area contributed by atoms with Crippen LogP contribution in [0.1, 0.15) is 30.4 Å². The van der Waals surface area contributed by atoms with E-state index in [1.807, 2.05) is 18.3 Å². The maximum atomic E-state index is 10.5. The molecule has 1 N–H and O–H groups in total. The van der Waals surface area contributed by atoms with Crippen molar-refractivity contribution in [3.63, 3.8) is 0 Å². The van der Waals surface area contributed by atoms with Crippen molar-refractivity contribution < 1.29 is 14.6 Å². The lowest BCUT2D eigenvalue weighted by atomic mass is 9.91. The van der Waals surface area contributed by atoms with Gasteiger partial charge in [-0.05, 0) is 53.7 Å². The summed E-state index contributed by atoms with van der Waals surface area (Å²) in [6.45, 7) is 2.08. The van der Waals surface area contributed by atoms with Crippen molar-refractivity contribution >= 4 is 11.5 Å². The molecule has 24 heavy (non-hydrogen) atoms. The van der Waals surface area contributed by atoms with Crippen LogP contribution in [-0.4, -0.2) is 23.7 Å². The molecular formula is C19H21NO3S. The maximum Gasteiger partial charge on any atom is 0.128 e. The topological polar surface area (TPSA) is 51.6 Å². The fraction of sp³-hybridized carbons (Fsp3) is 0.316. The van der Waals surface area contributed by atoms with Crippen LogP contribution < -0.4 is 4.74 Å². The van der Waals surface area contributed by atoms with Gasteiger partial charge >= 0.3 is 0 Å². The number of ether oxygens (including phenoxy) is 2. The second-order valence-electron chi connectivity index (χ2n) is 5.66. The molecule has 1 unspecified atom stereocenters. The molecule has 1 heterocycles. The molecule has 0 spiro atoms. The zero-order chi connectivity index (χ0) is 17.1. The van der Waals surface area contributed by atoms with E-state index in [1.54, 1.807) is 20.3 Å². The molecule has 0 amide bonds. The summed E-state index contributed by atoms with van der Waals surface area (Å²) in [6, 6.07) is 3.70. The van der Waals surface area contributed by atoms with E-state index in [2.05, 4.69) is 23.4 Å². The average molecular weight is 343 g/mol. The molecule has 1 aromatic carbocycles. The fourth-order valence-electron chi connectivity index (χ4n) is 2.96. The summed E-state index contributed by atoms with van der Waals surface area (Å²) in [7, 11) is 3.30. The highest BCUT2D eigenvalue weighted by Gasteiger charge is 2.21. The van der Waals surface area contributed by atoms with Gasteiger partial charge in [0.25, 0.3) is 0 Å². The number of aromatic nitrogens is 1. The molecule has 1 aromatic heterocycles. The predicted molar refractivity (Wildman–Crippen MR) is 96.7 cm³/mol. The van der Waals surface area contributed by atoms with Crippen LogP contribution in [0, 0.1) is 0 Å². The Hall–Kier alpha value is -2.27. The number of hydrogen-bond donors (Lipinski definition) is 1. The molecular weight excluding hydrogens is 322 g/mol. The number of rotatable bonds is 5. The largest absolute Gasteiger partial charge is 0.507 e. The smallest absolute Gasteiger partial charge is 0.128 e. The van der Waals surface area contributed by atoms with Gasteiger partial charge in [-0.2, -0.15) is 0 Å². The van der Waals surface area contributed by atoms with Crippen LogP contribution in [0.5, 0.6) is 11.5 Å². The monoisotopic (exact) mass is 343 g/mol. The van der Waals surface area contributed by atoms with E-state index >= 15 is 0 Å². The molecule has 4 nitrogen and oxygen atoms in total. The van der Waals surface area contributed by atoms with Crippen LogP contribution >= 0.6 is 11.5 Å². The van der Waals surface area contributed by atoms with Crippen molar-refractivity contribution in [1.29, 1.82) is 0 Å². The van der Waals surface area contributed by atoms with E-state index in [1.165, 1.54) is 11.5 Å². The summed E-state index contributed by atoms with van der Waals surface area (Å²) < 4.78 is 15.0. The molecule has 1 atom stereocenters. The van der Waals surface area contributed by atoms with Crippen LogP contribution in [0.2, 0.25) is 0 Å². The number of hydrogen-bond acceptors (Lipinski definition) is 5. The third-order valence-electron chi connectivity index (χ3n) is 4.32. The zero-order valence-corrected chi connectivity index (χ0v) is 14.9.